The fraction of sp³-hybridized carbons (Fsp3) is 0.222. The van der Waals surface area contributed by atoms with Crippen LogP contribution in [-0.2, 0) is 14.8 Å². The summed E-state index contributed by atoms with van der Waals surface area (Å²) in [5, 5.41) is 33.5. The van der Waals surface area contributed by atoms with Crippen molar-refractivity contribution in [3.05, 3.63) is 52.6 Å². The predicted octanol–water partition coefficient (Wildman–Crippen LogP) is 2.47. The van der Waals surface area contributed by atoms with Gasteiger partial charge in [-0.05, 0) is 31.2 Å². The maximum Gasteiger partial charge on any atom is 0.280 e. The molecule has 2 aromatic rings. The minimum Gasteiger partial charge on any atom is -0.506 e. The lowest BCUT2D eigenvalue weighted by Crippen LogP contribution is -2.30. The highest BCUT2D eigenvalue weighted by Gasteiger charge is 2.35. The van der Waals surface area contributed by atoms with Crippen molar-refractivity contribution in [3.63, 3.8) is 0 Å². The van der Waals surface area contributed by atoms with E-state index in [1.165, 1.54) is 31.2 Å². The second-order valence-corrected chi connectivity index (χ2v) is 8.21. The number of carbonyl (C=O) groups excluding carboxylic acids is 1. The smallest absolute Gasteiger partial charge is 0.280 e. The van der Waals surface area contributed by atoms with E-state index in [0.717, 1.165) is 23.2 Å². The molecule has 0 spiro atoms. The molecule has 31 heavy (non-hydrogen) atoms. The van der Waals surface area contributed by atoms with Crippen LogP contribution in [0.25, 0.3) is 0 Å². The molecule has 1 atom stereocenters. The highest BCUT2D eigenvalue weighted by atomic mass is 32.2. The number of azo groups is 1. The number of hydrazone groups is 1. The summed E-state index contributed by atoms with van der Waals surface area (Å²) in [6, 6.07) is 7.80. The van der Waals surface area contributed by atoms with Crippen molar-refractivity contribution >= 4 is 38.7 Å². The molecule has 1 unspecified atom stereocenters. The number of nitro groups is 1. The van der Waals surface area contributed by atoms with Crippen molar-refractivity contribution in [2.45, 2.75) is 24.8 Å². The Labute approximate surface area is 177 Å². The number of benzene rings is 2. The molecule has 0 radical (unpaired) electrons. The van der Waals surface area contributed by atoms with Gasteiger partial charge in [0.05, 0.1) is 21.2 Å². The van der Waals surface area contributed by atoms with Crippen LogP contribution >= 0.6 is 0 Å². The molecule has 2 N–H and O–H groups in total. The molecule has 1 aliphatic heterocycles. The van der Waals surface area contributed by atoms with Crippen molar-refractivity contribution in [1.82, 2.24) is 4.72 Å². The minimum absolute atomic E-state index is 0.0286. The normalized spacial score (nSPS) is 16.7. The van der Waals surface area contributed by atoms with Gasteiger partial charge < -0.3 is 5.11 Å². The van der Waals surface area contributed by atoms with Crippen molar-refractivity contribution in [1.29, 1.82) is 0 Å². The topological polar surface area (TPSA) is 167 Å². The van der Waals surface area contributed by atoms with E-state index in [4.69, 9.17) is 0 Å². The average molecular weight is 446 g/mol. The maximum atomic E-state index is 12.8. The number of hydrogen-bond acceptors (Lipinski definition) is 9. The molecule has 0 aromatic heterocycles. The average Bonchev–Trinajstić information content (AvgIpc) is 3.01. The van der Waals surface area contributed by atoms with Gasteiger partial charge in [-0.2, -0.15) is 20.3 Å². The highest BCUT2D eigenvalue weighted by Crippen LogP contribution is 2.32. The fourth-order valence-electron chi connectivity index (χ4n) is 2.76. The largest absolute Gasteiger partial charge is 0.506 e. The van der Waals surface area contributed by atoms with E-state index < -0.39 is 26.9 Å². The molecule has 12 nitrogen and oxygen atoms in total. The molecular formula is C18H18N6O6S. The summed E-state index contributed by atoms with van der Waals surface area (Å²) >= 11 is 0. The number of carbonyl (C=O) groups is 1. The molecule has 0 aliphatic carbocycles. The van der Waals surface area contributed by atoms with Gasteiger partial charge in [-0.25, -0.2) is 13.1 Å². The van der Waals surface area contributed by atoms with Crippen LogP contribution in [0.5, 0.6) is 5.75 Å². The molecule has 13 heteroatoms. The van der Waals surface area contributed by atoms with Crippen molar-refractivity contribution in [2.24, 2.45) is 15.3 Å². The zero-order valence-electron chi connectivity index (χ0n) is 16.5. The van der Waals surface area contributed by atoms with Crippen LogP contribution in [0.15, 0.2) is 62.7 Å². The molecule has 3 rings (SSSR count). The number of nitrogens with zero attached hydrogens (tertiary/aromatic N) is 5. The summed E-state index contributed by atoms with van der Waals surface area (Å²) in [5.41, 5.74) is 0.0278. The molecule has 1 amide bonds. The maximum absolute atomic E-state index is 12.8. The van der Waals surface area contributed by atoms with Gasteiger partial charge in [-0.15, -0.1) is 0 Å². The van der Waals surface area contributed by atoms with Crippen LogP contribution < -0.4 is 9.73 Å². The Morgan fingerprint density at radius 3 is 2.71 bits per heavy atom. The number of nitrogens with one attached hydrogen (secondary N) is 1. The first-order valence-corrected chi connectivity index (χ1v) is 10.5. The molecule has 2 aromatic carbocycles. The van der Waals surface area contributed by atoms with Crippen LogP contribution in [0.2, 0.25) is 0 Å². The Morgan fingerprint density at radius 1 is 1.29 bits per heavy atom. The number of sulfonamides is 1. The van der Waals surface area contributed by atoms with E-state index in [2.05, 4.69) is 20.1 Å². The van der Waals surface area contributed by atoms with Crippen molar-refractivity contribution in [3.8, 4) is 5.75 Å². The Bertz CT molecular complexity index is 1210. The standard InChI is InChI=1S/C18H18N6O6S/c1-3-19-31(29,30)14-6-4-5-12(9-14)23-18(26)17(11(2)22-23)21-20-15-10-13(24(27)28)7-8-16(15)25/h4-10,17,19,25H,3H2,1-2H3. The van der Waals surface area contributed by atoms with E-state index in [0.29, 0.717) is 0 Å². The number of aromatic hydroxyl groups is 1. The van der Waals surface area contributed by atoms with Gasteiger partial charge in [0.25, 0.3) is 11.6 Å². The molecular weight excluding hydrogens is 428 g/mol. The zero-order valence-corrected chi connectivity index (χ0v) is 17.3. The van der Waals surface area contributed by atoms with Gasteiger partial charge in [-0.3, -0.25) is 14.9 Å². The lowest BCUT2D eigenvalue weighted by atomic mass is 10.2. The SMILES string of the molecule is CCNS(=O)(=O)c1cccc(N2N=C(C)C(N=Nc3cc([N+](=O)[O-])ccc3O)C2=O)c1. The van der Waals surface area contributed by atoms with Crippen molar-refractivity contribution in [2.75, 3.05) is 11.6 Å². The summed E-state index contributed by atoms with van der Waals surface area (Å²) in [6.45, 7) is 3.39. The Kier molecular flexibility index (Phi) is 6.08. The molecule has 0 fully saturated rings. The zero-order chi connectivity index (χ0) is 22.8. The Hall–Kier alpha value is -3.71. The van der Waals surface area contributed by atoms with Crippen molar-refractivity contribution < 1.29 is 23.2 Å². The van der Waals surface area contributed by atoms with Crippen LogP contribution in [0, 0.1) is 10.1 Å². The predicted molar refractivity (Wildman–Crippen MR) is 111 cm³/mol. The number of rotatable bonds is 7. The van der Waals surface area contributed by atoms with Gasteiger partial charge in [0.15, 0.2) is 6.04 Å². The number of amides is 1. The van der Waals surface area contributed by atoms with Gasteiger partial charge in [0, 0.05) is 18.7 Å². The molecule has 0 saturated heterocycles. The molecule has 1 heterocycles. The second-order valence-electron chi connectivity index (χ2n) is 6.44. The van der Waals surface area contributed by atoms with Crippen LogP contribution in [0.1, 0.15) is 13.8 Å². The third-order valence-electron chi connectivity index (χ3n) is 4.25. The number of phenols is 1. The molecule has 162 valence electrons. The quantitative estimate of drug-likeness (QED) is 0.376. The Balaban J connectivity index is 1.87. The van der Waals surface area contributed by atoms with Gasteiger partial charge in [0.2, 0.25) is 10.0 Å². The van der Waals surface area contributed by atoms with E-state index in [9.17, 15) is 28.4 Å². The first-order chi connectivity index (χ1) is 14.6. The second kappa shape index (κ2) is 8.57. The number of anilines is 1. The lowest BCUT2D eigenvalue weighted by Gasteiger charge is -2.14. The number of non-ortho nitro benzene ring substituents is 1. The summed E-state index contributed by atoms with van der Waals surface area (Å²) in [4.78, 5) is 23.0. The minimum atomic E-state index is -3.73. The number of hydrogen-bond donors (Lipinski definition) is 2. The first kappa shape index (κ1) is 22.0. The van der Waals surface area contributed by atoms with Crippen LogP contribution in [0.4, 0.5) is 17.1 Å². The van der Waals surface area contributed by atoms with E-state index >= 15 is 0 Å². The van der Waals surface area contributed by atoms with Crippen LogP contribution in [0.3, 0.4) is 0 Å². The Morgan fingerprint density at radius 2 is 2.03 bits per heavy atom. The third kappa shape index (κ3) is 4.57. The summed E-state index contributed by atoms with van der Waals surface area (Å²) in [7, 11) is -3.73. The van der Waals surface area contributed by atoms with Gasteiger partial charge in [-0.1, -0.05) is 13.0 Å². The molecule has 1 aliphatic rings. The first-order valence-electron chi connectivity index (χ1n) is 9.01. The van der Waals surface area contributed by atoms with E-state index in [1.54, 1.807) is 6.92 Å². The number of nitro benzene ring substituents is 1. The van der Waals surface area contributed by atoms with Gasteiger partial charge >= 0.3 is 0 Å². The number of phenolic OH excluding ortho intramolecular Hbond substituents is 1. The van der Waals surface area contributed by atoms with E-state index in [1.807, 2.05) is 0 Å². The summed E-state index contributed by atoms with van der Waals surface area (Å²) < 4.78 is 26.8. The lowest BCUT2D eigenvalue weighted by molar-refractivity contribution is -0.384. The van der Waals surface area contributed by atoms with Gasteiger partial charge in [0.1, 0.15) is 11.4 Å². The van der Waals surface area contributed by atoms with E-state index in [-0.39, 0.29) is 40.0 Å². The third-order valence-corrected chi connectivity index (χ3v) is 5.80. The molecule has 0 bridgehead atoms. The fourth-order valence-corrected chi connectivity index (χ4v) is 3.84. The summed E-state index contributed by atoms with van der Waals surface area (Å²) in [5.74, 6) is -0.934. The van der Waals surface area contributed by atoms with Crippen LogP contribution in [-0.4, -0.2) is 42.7 Å². The molecule has 0 saturated carbocycles. The highest BCUT2D eigenvalue weighted by molar-refractivity contribution is 7.89. The monoisotopic (exact) mass is 446 g/mol. The summed E-state index contributed by atoms with van der Waals surface area (Å²) in [6.07, 6.45) is 0.